The van der Waals surface area contributed by atoms with Gasteiger partial charge in [0, 0.05) is 12.1 Å². The Bertz CT molecular complexity index is 144. The van der Waals surface area contributed by atoms with E-state index in [2.05, 4.69) is 10.2 Å². The number of rotatable bonds is 4. The highest BCUT2D eigenvalue weighted by molar-refractivity contribution is 7.57. The molecule has 0 aliphatic heterocycles. The van der Waals surface area contributed by atoms with Crippen LogP contribution in [0.4, 0.5) is 0 Å². The predicted octanol–water partition coefficient (Wildman–Crippen LogP) is 1.05. The summed E-state index contributed by atoms with van der Waals surface area (Å²) in [5, 5.41) is 5.55. The summed E-state index contributed by atoms with van der Waals surface area (Å²) in [6, 6.07) is 0.272. The highest BCUT2D eigenvalue weighted by Crippen LogP contribution is 2.25. The molecule has 4 N–H and O–H groups in total. The van der Waals surface area contributed by atoms with Gasteiger partial charge in [0.05, 0.1) is 0 Å². The SMILES string of the molecule is CC(C)NP(N)(=O)NC(C)C. The zero-order valence-electron chi connectivity index (χ0n) is 7.59. The summed E-state index contributed by atoms with van der Waals surface area (Å²) in [7, 11) is -2.80. The second kappa shape index (κ2) is 4.21. The average Bonchev–Trinajstić information content (AvgIpc) is 1.53. The minimum absolute atomic E-state index is 0.136. The Balaban J connectivity index is 3.91. The molecule has 0 radical (unpaired) electrons. The lowest BCUT2D eigenvalue weighted by molar-refractivity contribution is 0.536. The van der Waals surface area contributed by atoms with Crippen molar-refractivity contribution in [1.29, 1.82) is 0 Å². The van der Waals surface area contributed by atoms with Crippen molar-refractivity contribution in [2.24, 2.45) is 5.50 Å². The van der Waals surface area contributed by atoms with Gasteiger partial charge >= 0.3 is 0 Å². The van der Waals surface area contributed by atoms with Gasteiger partial charge in [0.25, 0.3) is 7.59 Å². The van der Waals surface area contributed by atoms with E-state index in [1.54, 1.807) is 0 Å². The second-order valence-electron chi connectivity index (χ2n) is 3.23. The summed E-state index contributed by atoms with van der Waals surface area (Å²) in [6.07, 6.45) is 0. The molecule has 0 atom stereocenters. The average molecular weight is 179 g/mol. The lowest BCUT2D eigenvalue weighted by Gasteiger charge is -2.20. The van der Waals surface area contributed by atoms with Crippen molar-refractivity contribution in [3.05, 3.63) is 0 Å². The van der Waals surface area contributed by atoms with Crippen LogP contribution in [-0.2, 0) is 4.57 Å². The van der Waals surface area contributed by atoms with Gasteiger partial charge in [-0.15, -0.1) is 0 Å². The highest BCUT2D eigenvalue weighted by Gasteiger charge is 2.16. The van der Waals surface area contributed by atoms with Gasteiger partial charge in [0.15, 0.2) is 0 Å². The van der Waals surface area contributed by atoms with E-state index >= 15 is 0 Å². The first-order valence-electron chi connectivity index (χ1n) is 3.77. The lowest BCUT2D eigenvalue weighted by Crippen LogP contribution is -2.35. The van der Waals surface area contributed by atoms with Crippen LogP contribution in [0.15, 0.2) is 0 Å². The monoisotopic (exact) mass is 179 g/mol. The number of hydrogen-bond donors (Lipinski definition) is 3. The molecule has 0 spiro atoms. The molecule has 4 nitrogen and oxygen atoms in total. The van der Waals surface area contributed by atoms with Crippen molar-refractivity contribution in [3.63, 3.8) is 0 Å². The third-order valence-corrected chi connectivity index (χ3v) is 2.70. The summed E-state index contributed by atoms with van der Waals surface area (Å²) >= 11 is 0. The molecule has 0 fully saturated rings. The van der Waals surface area contributed by atoms with Gasteiger partial charge in [-0.25, -0.2) is 10.2 Å². The summed E-state index contributed by atoms with van der Waals surface area (Å²) in [5.74, 6) is 0. The molecule has 11 heavy (non-hydrogen) atoms. The van der Waals surface area contributed by atoms with E-state index in [1.165, 1.54) is 0 Å². The van der Waals surface area contributed by atoms with Crippen molar-refractivity contribution >= 4 is 7.59 Å². The summed E-state index contributed by atoms with van der Waals surface area (Å²) < 4.78 is 11.4. The van der Waals surface area contributed by atoms with Crippen LogP contribution in [-0.4, -0.2) is 12.1 Å². The van der Waals surface area contributed by atoms with Gasteiger partial charge in [0.2, 0.25) is 0 Å². The molecule has 0 saturated heterocycles. The van der Waals surface area contributed by atoms with E-state index in [0.717, 1.165) is 0 Å². The molecular formula is C6H18N3OP. The van der Waals surface area contributed by atoms with Crippen molar-refractivity contribution < 1.29 is 4.57 Å². The molecule has 0 bridgehead atoms. The number of hydrogen-bond acceptors (Lipinski definition) is 1. The van der Waals surface area contributed by atoms with Crippen LogP contribution in [0.5, 0.6) is 0 Å². The molecule has 0 aromatic rings. The standard InChI is InChI=1S/C6H18N3OP/c1-5(2)8-11(7,10)9-6(3)4/h5-6H,1-4H3,(H4,7,8,9,10). The quantitative estimate of drug-likeness (QED) is 0.564. The fraction of sp³-hybridized carbons (Fsp3) is 1.00. The predicted molar refractivity (Wildman–Crippen MR) is 48.3 cm³/mol. The van der Waals surface area contributed by atoms with Gasteiger partial charge in [-0.1, -0.05) is 0 Å². The zero-order valence-corrected chi connectivity index (χ0v) is 8.48. The number of nitrogens with one attached hydrogen (secondary N) is 2. The van der Waals surface area contributed by atoms with Crippen LogP contribution < -0.4 is 15.7 Å². The normalized spacial score (nSPS) is 13.0. The molecule has 0 aliphatic carbocycles. The first kappa shape index (κ1) is 11.1. The summed E-state index contributed by atoms with van der Waals surface area (Å²) in [5.41, 5.74) is 5.45. The minimum Gasteiger partial charge on any atom is -0.271 e. The topological polar surface area (TPSA) is 67.1 Å². The maximum absolute atomic E-state index is 11.4. The fourth-order valence-electron chi connectivity index (χ4n) is 0.804. The van der Waals surface area contributed by atoms with E-state index in [-0.39, 0.29) is 12.1 Å². The highest BCUT2D eigenvalue weighted by atomic mass is 31.2. The van der Waals surface area contributed by atoms with Gasteiger partial charge < -0.3 is 0 Å². The van der Waals surface area contributed by atoms with Crippen LogP contribution in [0, 0.1) is 0 Å². The Hall–Kier alpha value is 0.110. The molecule has 0 amide bonds. The van der Waals surface area contributed by atoms with Crippen LogP contribution in [0.2, 0.25) is 0 Å². The molecule has 0 saturated carbocycles. The van der Waals surface area contributed by atoms with E-state index < -0.39 is 7.59 Å². The maximum Gasteiger partial charge on any atom is 0.276 e. The smallest absolute Gasteiger partial charge is 0.271 e. The molecule has 0 unspecified atom stereocenters. The van der Waals surface area contributed by atoms with Crippen molar-refractivity contribution in [1.82, 2.24) is 10.2 Å². The van der Waals surface area contributed by atoms with Crippen molar-refractivity contribution in [2.45, 2.75) is 39.8 Å². The van der Waals surface area contributed by atoms with Gasteiger partial charge in [-0.05, 0) is 27.7 Å². The first-order valence-corrected chi connectivity index (χ1v) is 5.55. The largest absolute Gasteiger partial charge is 0.276 e. The molecule has 0 aromatic heterocycles. The van der Waals surface area contributed by atoms with Crippen LogP contribution in [0.3, 0.4) is 0 Å². The summed E-state index contributed by atoms with van der Waals surface area (Å²) in [6.45, 7) is 7.62. The Morgan fingerprint density at radius 2 is 1.36 bits per heavy atom. The Labute approximate surface area is 68.5 Å². The van der Waals surface area contributed by atoms with Gasteiger partial charge in [-0.3, -0.25) is 10.1 Å². The Kier molecular flexibility index (Phi) is 4.26. The number of nitrogens with two attached hydrogens (primary N) is 1. The molecule has 5 heteroatoms. The van der Waals surface area contributed by atoms with E-state index in [1.807, 2.05) is 27.7 Å². The van der Waals surface area contributed by atoms with E-state index in [0.29, 0.717) is 0 Å². The molecular weight excluding hydrogens is 161 g/mol. The zero-order chi connectivity index (χ0) is 9.07. The van der Waals surface area contributed by atoms with Crippen molar-refractivity contribution in [3.8, 4) is 0 Å². The van der Waals surface area contributed by atoms with E-state index in [4.69, 9.17) is 5.50 Å². The third-order valence-electron chi connectivity index (χ3n) is 0.900. The lowest BCUT2D eigenvalue weighted by atomic mass is 10.4. The van der Waals surface area contributed by atoms with Gasteiger partial charge in [0.1, 0.15) is 0 Å². The first-order chi connectivity index (χ1) is 4.83. The maximum atomic E-state index is 11.4. The summed E-state index contributed by atoms with van der Waals surface area (Å²) in [4.78, 5) is 0. The fourth-order valence-corrected chi connectivity index (χ4v) is 2.41. The molecule has 0 rings (SSSR count). The minimum atomic E-state index is -2.80. The Morgan fingerprint density at radius 1 is 1.09 bits per heavy atom. The molecule has 0 heterocycles. The van der Waals surface area contributed by atoms with Gasteiger partial charge in [-0.2, -0.15) is 0 Å². The van der Waals surface area contributed by atoms with Crippen LogP contribution in [0.25, 0.3) is 0 Å². The molecule has 0 aromatic carbocycles. The molecule has 68 valence electrons. The van der Waals surface area contributed by atoms with Crippen LogP contribution >= 0.6 is 7.59 Å². The molecule has 0 aliphatic rings. The second-order valence-corrected chi connectivity index (χ2v) is 5.06. The van der Waals surface area contributed by atoms with Crippen LogP contribution in [0.1, 0.15) is 27.7 Å². The Morgan fingerprint density at radius 3 is 1.55 bits per heavy atom. The van der Waals surface area contributed by atoms with E-state index in [9.17, 15) is 4.57 Å². The third kappa shape index (κ3) is 6.51. The van der Waals surface area contributed by atoms with Crippen molar-refractivity contribution in [2.75, 3.05) is 0 Å².